The van der Waals surface area contributed by atoms with Gasteiger partial charge in [-0.1, -0.05) is 78.9 Å². The fraction of sp³-hybridized carbons (Fsp3) is 0.319. The topological polar surface area (TPSA) is 119 Å². The van der Waals surface area contributed by atoms with Crippen molar-refractivity contribution in [2.45, 2.75) is 83.3 Å². The third-order valence-corrected chi connectivity index (χ3v) is 10.1. The summed E-state index contributed by atoms with van der Waals surface area (Å²) in [6.45, 7) is 7.37. The predicted octanol–water partition coefficient (Wildman–Crippen LogP) is 9.31. The summed E-state index contributed by atoms with van der Waals surface area (Å²) in [5.74, 6) is 1.23. The molecule has 2 fully saturated rings. The molecule has 57 heavy (non-hydrogen) atoms. The van der Waals surface area contributed by atoms with Gasteiger partial charge >= 0.3 is 12.0 Å². The van der Waals surface area contributed by atoms with Crippen molar-refractivity contribution in [3.05, 3.63) is 150 Å². The van der Waals surface area contributed by atoms with Crippen molar-refractivity contribution >= 4 is 17.7 Å². The highest BCUT2D eigenvalue weighted by molar-refractivity contribution is 5.89. The molecular weight excluding hydrogens is 719 g/mol. The highest BCUT2D eigenvalue weighted by Crippen LogP contribution is 2.40. The predicted molar refractivity (Wildman–Crippen MR) is 220 cm³/mol. The van der Waals surface area contributed by atoms with E-state index in [-0.39, 0.29) is 36.9 Å². The Labute approximate surface area is 334 Å². The number of nitrogens with zero attached hydrogens (tertiary/aromatic N) is 1. The molecule has 2 aliphatic heterocycles. The first kappa shape index (κ1) is 39.7. The molecule has 4 atom stereocenters. The number of anilines is 1. The Hall–Kier alpha value is -5.52. The average Bonchev–Trinajstić information content (AvgIpc) is 3.69. The quantitative estimate of drug-likeness (QED) is 0.108. The molecule has 2 heterocycles. The van der Waals surface area contributed by atoms with Gasteiger partial charge in [-0.25, -0.2) is 4.79 Å². The number of carbonyl (C=O) groups is 2. The number of esters is 1. The van der Waals surface area contributed by atoms with Gasteiger partial charge in [0.15, 0.2) is 6.29 Å². The van der Waals surface area contributed by atoms with E-state index in [9.17, 15) is 14.7 Å². The highest BCUT2D eigenvalue weighted by Gasteiger charge is 2.39. The van der Waals surface area contributed by atoms with Gasteiger partial charge in [0.05, 0.1) is 18.8 Å². The number of ether oxygens (including phenoxy) is 4. The monoisotopic (exact) mass is 769 g/mol. The average molecular weight is 770 g/mol. The molecule has 296 valence electrons. The molecule has 0 aliphatic carbocycles. The minimum absolute atomic E-state index is 0.0289. The van der Waals surface area contributed by atoms with Crippen LogP contribution >= 0.6 is 0 Å². The van der Waals surface area contributed by atoms with Gasteiger partial charge in [-0.3, -0.25) is 9.69 Å². The molecule has 0 radical (unpaired) electrons. The van der Waals surface area contributed by atoms with Crippen LogP contribution in [0.15, 0.2) is 127 Å². The summed E-state index contributed by atoms with van der Waals surface area (Å²) < 4.78 is 25.0. The largest absolute Gasteiger partial charge is 0.459 e. The van der Waals surface area contributed by atoms with Gasteiger partial charge in [-0.15, -0.1) is 0 Å². The van der Waals surface area contributed by atoms with Crippen molar-refractivity contribution in [3.8, 4) is 22.6 Å². The Balaban J connectivity index is 1.02. The Kier molecular flexibility index (Phi) is 12.7. The van der Waals surface area contributed by atoms with E-state index in [1.54, 1.807) is 12.1 Å². The Morgan fingerprint density at radius 1 is 0.789 bits per heavy atom. The minimum atomic E-state index is -0.652. The minimum Gasteiger partial charge on any atom is -0.459 e. The number of benzene rings is 5. The number of urea groups is 1. The summed E-state index contributed by atoms with van der Waals surface area (Å²) in [6.07, 6.45) is 1.18. The standard InChI is InChI=1S/C47H51N3O7/c1-47(2,3)57-44(52)42-16-9-25-50(42)30-41-28-43(34-19-17-32(31-51)18-20-34)56-45(55-41)37-13-8-12-36(27-37)35-11-7-10-33(26-35)29-48-46(53)49-38-21-23-40(24-22-38)54-39-14-5-4-6-15-39/h4-8,10-15,17-24,26-27,41-43,45,51H,9,16,25,28-31H2,1-3H3,(H2,48,49,53)/t41-,42-,43+,45+/m0/s1. The first-order valence-electron chi connectivity index (χ1n) is 19.6. The van der Waals surface area contributed by atoms with Crippen LogP contribution in [-0.2, 0) is 32.2 Å². The summed E-state index contributed by atoms with van der Waals surface area (Å²) in [6, 6.07) is 40.2. The summed E-state index contributed by atoms with van der Waals surface area (Å²) in [7, 11) is 0. The van der Waals surface area contributed by atoms with Gasteiger partial charge in [0.25, 0.3) is 0 Å². The fourth-order valence-corrected chi connectivity index (χ4v) is 7.29. The van der Waals surface area contributed by atoms with E-state index < -0.39 is 11.9 Å². The second-order valence-electron chi connectivity index (χ2n) is 15.6. The normalized spacial score (nSPS) is 19.8. The van der Waals surface area contributed by atoms with Crippen LogP contribution in [0, 0.1) is 0 Å². The Morgan fingerprint density at radius 2 is 1.51 bits per heavy atom. The van der Waals surface area contributed by atoms with Crippen LogP contribution in [0.3, 0.4) is 0 Å². The van der Waals surface area contributed by atoms with E-state index >= 15 is 0 Å². The van der Waals surface area contributed by atoms with Crippen LogP contribution in [0.2, 0.25) is 0 Å². The zero-order valence-corrected chi connectivity index (χ0v) is 32.7. The molecule has 2 aliphatic rings. The number of para-hydroxylation sites is 1. The smallest absolute Gasteiger partial charge is 0.323 e. The highest BCUT2D eigenvalue weighted by atomic mass is 16.7. The van der Waals surface area contributed by atoms with Crippen LogP contribution in [0.5, 0.6) is 11.5 Å². The number of likely N-dealkylation sites (tertiary alicyclic amines) is 1. The number of rotatable bonds is 12. The van der Waals surface area contributed by atoms with Crippen LogP contribution in [0.4, 0.5) is 10.5 Å². The van der Waals surface area contributed by atoms with Crippen LogP contribution in [-0.4, -0.2) is 52.8 Å². The third kappa shape index (κ3) is 10.9. The summed E-state index contributed by atoms with van der Waals surface area (Å²) >= 11 is 0. The number of nitrogens with one attached hydrogen (secondary N) is 2. The zero-order valence-electron chi connectivity index (χ0n) is 32.7. The van der Waals surface area contributed by atoms with Gasteiger partial charge < -0.3 is 34.7 Å². The van der Waals surface area contributed by atoms with Crippen molar-refractivity contribution in [1.29, 1.82) is 0 Å². The van der Waals surface area contributed by atoms with E-state index in [0.717, 1.165) is 58.5 Å². The molecular formula is C47H51N3O7. The molecule has 5 aromatic carbocycles. The number of aliphatic hydroxyl groups excluding tert-OH is 1. The SMILES string of the molecule is CC(C)(C)OC(=O)[C@@H]1CCCN1C[C@@H]1C[C@H](c2ccc(CO)cc2)O[C@H](c2cccc(-c3cccc(CNC(=O)Nc4ccc(Oc5ccccc5)cc4)c3)c2)O1. The maximum atomic E-state index is 13.2. The van der Waals surface area contributed by atoms with Crippen molar-refractivity contribution in [1.82, 2.24) is 10.2 Å². The third-order valence-electron chi connectivity index (χ3n) is 10.1. The lowest BCUT2D eigenvalue weighted by Gasteiger charge is -2.38. The van der Waals surface area contributed by atoms with Gasteiger partial charge in [0.2, 0.25) is 0 Å². The Bertz CT molecular complexity index is 2100. The van der Waals surface area contributed by atoms with Crippen molar-refractivity contribution in [2.24, 2.45) is 0 Å². The number of carbonyl (C=O) groups excluding carboxylic acids is 2. The Morgan fingerprint density at radius 3 is 2.25 bits per heavy atom. The molecule has 0 saturated carbocycles. The van der Waals surface area contributed by atoms with E-state index in [0.29, 0.717) is 30.9 Å². The van der Waals surface area contributed by atoms with E-state index in [1.165, 1.54) is 0 Å². The summed E-state index contributed by atoms with van der Waals surface area (Å²) in [4.78, 5) is 28.2. The molecule has 0 unspecified atom stereocenters. The van der Waals surface area contributed by atoms with E-state index in [2.05, 4.69) is 33.7 Å². The van der Waals surface area contributed by atoms with Crippen LogP contribution in [0.1, 0.15) is 74.7 Å². The van der Waals surface area contributed by atoms with Gasteiger partial charge in [-0.05, 0) is 117 Å². The number of amides is 2. The second kappa shape index (κ2) is 18.2. The molecule has 0 aromatic heterocycles. The maximum Gasteiger partial charge on any atom is 0.323 e. The molecule has 2 saturated heterocycles. The van der Waals surface area contributed by atoms with Crippen LogP contribution < -0.4 is 15.4 Å². The molecule has 5 aromatic rings. The zero-order chi connectivity index (χ0) is 39.8. The number of aliphatic hydroxyl groups is 1. The van der Waals surface area contributed by atoms with Gasteiger partial charge in [-0.2, -0.15) is 0 Å². The molecule has 2 amide bonds. The van der Waals surface area contributed by atoms with Gasteiger partial charge in [0.1, 0.15) is 23.1 Å². The molecule has 0 bridgehead atoms. The summed E-state index contributed by atoms with van der Waals surface area (Å²) in [5.41, 5.74) is 5.74. The van der Waals surface area contributed by atoms with Crippen molar-refractivity contribution in [2.75, 3.05) is 18.4 Å². The molecule has 7 rings (SSSR count). The summed E-state index contributed by atoms with van der Waals surface area (Å²) in [5, 5.41) is 15.5. The lowest BCUT2D eigenvalue weighted by molar-refractivity contribution is -0.253. The first-order valence-corrected chi connectivity index (χ1v) is 19.6. The molecule has 3 N–H and O–H groups in total. The second-order valence-corrected chi connectivity index (χ2v) is 15.6. The van der Waals surface area contributed by atoms with Gasteiger partial charge in [0, 0.05) is 30.8 Å². The van der Waals surface area contributed by atoms with Crippen molar-refractivity contribution < 1.29 is 33.6 Å². The molecule has 0 spiro atoms. The van der Waals surface area contributed by atoms with E-state index in [1.807, 2.05) is 118 Å². The fourth-order valence-electron chi connectivity index (χ4n) is 7.29. The lowest BCUT2D eigenvalue weighted by atomic mass is 9.98. The van der Waals surface area contributed by atoms with Crippen molar-refractivity contribution in [3.63, 3.8) is 0 Å². The first-order chi connectivity index (χ1) is 27.6. The number of hydrogen-bond donors (Lipinski definition) is 3. The lowest BCUT2D eigenvalue weighted by Crippen LogP contribution is -2.45. The number of hydrogen-bond acceptors (Lipinski definition) is 8. The maximum absolute atomic E-state index is 13.2. The molecule has 10 nitrogen and oxygen atoms in total. The molecule has 10 heteroatoms. The van der Waals surface area contributed by atoms with E-state index in [4.69, 9.17) is 18.9 Å². The van der Waals surface area contributed by atoms with Crippen LogP contribution in [0.25, 0.3) is 11.1 Å².